The first kappa shape index (κ1) is 19.4. The van der Waals surface area contributed by atoms with Crippen molar-refractivity contribution in [1.82, 2.24) is 5.32 Å². The maximum absolute atomic E-state index is 12.3. The third-order valence-electron chi connectivity index (χ3n) is 5.55. The highest BCUT2D eigenvalue weighted by atomic mass is 16.5. The number of rotatable bonds is 8. The number of methoxy groups -OCH3 is 2. The average molecular weight is 397 g/mol. The highest BCUT2D eigenvalue weighted by molar-refractivity contribution is 5.76. The second kappa shape index (κ2) is 8.64. The lowest BCUT2D eigenvalue weighted by Crippen LogP contribution is -2.26. The molecule has 29 heavy (non-hydrogen) atoms. The molecule has 6 nitrogen and oxygen atoms in total. The molecule has 0 bridgehead atoms. The van der Waals surface area contributed by atoms with Crippen molar-refractivity contribution in [2.24, 2.45) is 0 Å². The first-order valence-corrected chi connectivity index (χ1v) is 10.1. The SMILES string of the molecule is COc1ccc(CCC(=O)NCCc2c3c(cc4c2OCC4)OCC3)cc1OC. The van der Waals surface area contributed by atoms with Crippen LogP contribution in [0.2, 0.25) is 0 Å². The number of hydrogen-bond acceptors (Lipinski definition) is 5. The van der Waals surface area contributed by atoms with Crippen LogP contribution in [0.4, 0.5) is 0 Å². The molecule has 0 atom stereocenters. The normalized spacial score (nSPS) is 13.9. The van der Waals surface area contributed by atoms with Gasteiger partial charge >= 0.3 is 0 Å². The highest BCUT2D eigenvalue weighted by Gasteiger charge is 2.26. The molecule has 2 aliphatic rings. The molecule has 2 heterocycles. The molecule has 0 fully saturated rings. The zero-order valence-electron chi connectivity index (χ0n) is 17.0. The zero-order chi connectivity index (χ0) is 20.2. The first-order chi connectivity index (χ1) is 14.2. The van der Waals surface area contributed by atoms with Crippen LogP contribution in [0.3, 0.4) is 0 Å². The van der Waals surface area contributed by atoms with Crippen molar-refractivity contribution < 1.29 is 23.7 Å². The molecule has 154 valence electrons. The Hall–Kier alpha value is -2.89. The summed E-state index contributed by atoms with van der Waals surface area (Å²) < 4.78 is 22.2. The molecular formula is C23H27NO5. The maximum atomic E-state index is 12.3. The van der Waals surface area contributed by atoms with Crippen LogP contribution in [-0.2, 0) is 30.5 Å². The minimum absolute atomic E-state index is 0.0428. The number of ether oxygens (including phenoxy) is 4. The minimum atomic E-state index is 0.0428. The van der Waals surface area contributed by atoms with Gasteiger partial charge in [0.05, 0.1) is 27.4 Å². The highest BCUT2D eigenvalue weighted by Crippen LogP contribution is 2.40. The molecule has 0 aromatic heterocycles. The predicted octanol–water partition coefficient (Wildman–Crippen LogP) is 2.87. The summed E-state index contributed by atoms with van der Waals surface area (Å²) in [6.07, 6.45) is 3.68. The van der Waals surface area contributed by atoms with Gasteiger partial charge in [-0.3, -0.25) is 4.79 Å². The van der Waals surface area contributed by atoms with Gasteiger partial charge in [-0.2, -0.15) is 0 Å². The van der Waals surface area contributed by atoms with Gasteiger partial charge in [0.25, 0.3) is 0 Å². The van der Waals surface area contributed by atoms with E-state index in [0.717, 1.165) is 49.5 Å². The van der Waals surface area contributed by atoms with Crippen LogP contribution in [-0.4, -0.2) is 39.9 Å². The third-order valence-corrected chi connectivity index (χ3v) is 5.55. The second-order valence-corrected chi connectivity index (χ2v) is 7.31. The molecule has 2 aliphatic heterocycles. The monoisotopic (exact) mass is 397 g/mol. The Morgan fingerprint density at radius 1 is 1.03 bits per heavy atom. The summed E-state index contributed by atoms with van der Waals surface area (Å²) >= 11 is 0. The number of aryl methyl sites for hydroxylation is 1. The van der Waals surface area contributed by atoms with E-state index in [9.17, 15) is 4.79 Å². The topological polar surface area (TPSA) is 66.0 Å². The standard InChI is InChI=1S/C23H27NO5/c1-26-19-5-3-15(13-21(19)27-2)4-6-22(25)24-10-7-18-17-9-12-28-20(17)14-16-8-11-29-23(16)18/h3,5,13-14H,4,6-12H2,1-2H3,(H,24,25). The molecule has 6 heteroatoms. The number of hydrogen-bond donors (Lipinski definition) is 1. The summed E-state index contributed by atoms with van der Waals surface area (Å²) in [6.45, 7) is 2.04. The lowest BCUT2D eigenvalue weighted by atomic mass is 9.97. The van der Waals surface area contributed by atoms with Crippen molar-refractivity contribution in [2.75, 3.05) is 34.0 Å². The third kappa shape index (κ3) is 4.11. The zero-order valence-corrected chi connectivity index (χ0v) is 17.0. The summed E-state index contributed by atoms with van der Waals surface area (Å²) in [7, 11) is 3.22. The second-order valence-electron chi connectivity index (χ2n) is 7.31. The molecule has 0 spiro atoms. The summed E-state index contributed by atoms with van der Waals surface area (Å²) in [6, 6.07) is 7.86. The van der Waals surface area contributed by atoms with Crippen molar-refractivity contribution in [1.29, 1.82) is 0 Å². The molecular weight excluding hydrogens is 370 g/mol. The molecule has 0 saturated heterocycles. The van der Waals surface area contributed by atoms with E-state index >= 15 is 0 Å². The van der Waals surface area contributed by atoms with Crippen LogP contribution in [0.1, 0.15) is 28.7 Å². The fourth-order valence-corrected chi connectivity index (χ4v) is 4.06. The fourth-order valence-electron chi connectivity index (χ4n) is 4.06. The smallest absolute Gasteiger partial charge is 0.220 e. The molecule has 2 aromatic carbocycles. The lowest BCUT2D eigenvalue weighted by Gasteiger charge is -2.13. The van der Waals surface area contributed by atoms with E-state index in [-0.39, 0.29) is 5.91 Å². The summed E-state index contributed by atoms with van der Waals surface area (Å²) in [5.74, 6) is 3.41. The summed E-state index contributed by atoms with van der Waals surface area (Å²) in [5, 5.41) is 3.04. The van der Waals surface area contributed by atoms with Gasteiger partial charge in [-0.15, -0.1) is 0 Å². The number of carbonyl (C=O) groups excluding carboxylic acids is 1. The van der Waals surface area contributed by atoms with Crippen LogP contribution in [0, 0.1) is 0 Å². The van der Waals surface area contributed by atoms with Gasteiger partial charge in [-0.05, 0) is 36.6 Å². The lowest BCUT2D eigenvalue weighted by molar-refractivity contribution is -0.121. The van der Waals surface area contributed by atoms with E-state index in [1.165, 1.54) is 16.7 Å². The molecule has 0 radical (unpaired) electrons. The molecule has 1 amide bonds. The Balaban J connectivity index is 1.31. The molecule has 4 rings (SSSR count). The van der Waals surface area contributed by atoms with E-state index in [0.29, 0.717) is 30.9 Å². The van der Waals surface area contributed by atoms with Crippen LogP contribution < -0.4 is 24.3 Å². The van der Waals surface area contributed by atoms with Crippen molar-refractivity contribution >= 4 is 5.91 Å². The van der Waals surface area contributed by atoms with Crippen molar-refractivity contribution in [3.63, 3.8) is 0 Å². The van der Waals surface area contributed by atoms with Crippen molar-refractivity contribution in [2.45, 2.75) is 32.1 Å². The number of nitrogens with one attached hydrogen (secondary N) is 1. The van der Waals surface area contributed by atoms with Crippen LogP contribution >= 0.6 is 0 Å². The minimum Gasteiger partial charge on any atom is -0.493 e. The van der Waals surface area contributed by atoms with Gasteiger partial charge in [0.2, 0.25) is 5.91 Å². The number of amides is 1. The largest absolute Gasteiger partial charge is 0.493 e. The van der Waals surface area contributed by atoms with E-state index in [1.807, 2.05) is 18.2 Å². The first-order valence-electron chi connectivity index (χ1n) is 10.1. The van der Waals surface area contributed by atoms with Crippen LogP contribution in [0.25, 0.3) is 0 Å². The molecule has 0 unspecified atom stereocenters. The van der Waals surface area contributed by atoms with Crippen molar-refractivity contribution in [3.05, 3.63) is 46.5 Å². The van der Waals surface area contributed by atoms with Gasteiger partial charge < -0.3 is 24.3 Å². The maximum Gasteiger partial charge on any atom is 0.220 e. The Labute approximate surface area is 171 Å². The van der Waals surface area contributed by atoms with E-state index in [1.54, 1.807) is 14.2 Å². The predicted molar refractivity (Wildman–Crippen MR) is 109 cm³/mol. The van der Waals surface area contributed by atoms with Gasteiger partial charge in [0.15, 0.2) is 11.5 Å². The molecule has 0 saturated carbocycles. The Kier molecular flexibility index (Phi) is 5.79. The van der Waals surface area contributed by atoms with Crippen molar-refractivity contribution in [3.8, 4) is 23.0 Å². The van der Waals surface area contributed by atoms with Gasteiger partial charge in [0.1, 0.15) is 11.5 Å². The Bertz CT molecular complexity index is 876. The van der Waals surface area contributed by atoms with E-state index in [2.05, 4.69) is 11.4 Å². The summed E-state index contributed by atoms with van der Waals surface area (Å²) in [5.41, 5.74) is 4.71. The molecule has 2 aromatic rings. The Morgan fingerprint density at radius 3 is 2.69 bits per heavy atom. The van der Waals surface area contributed by atoms with Crippen LogP contribution in [0.5, 0.6) is 23.0 Å². The average Bonchev–Trinajstić information content (AvgIpc) is 3.40. The number of carbonyl (C=O) groups is 1. The quantitative estimate of drug-likeness (QED) is 0.742. The van der Waals surface area contributed by atoms with Gasteiger partial charge in [-0.1, -0.05) is 6.07 Å². The Morgan fingerprint density at radius 2 is 1.86 bits per heavy atom. The van der Waals surface area contributed by atoms with Crippen LogP contribution in [0.15, 0.2) is 24.3 Å². The van der Waals surface area contributed by atoms with E-state index < -0.39 is 0 Å². The van der Waals surface area contributed by atoms with Gasteiger partial charge in [-0.25, -0.2) is 0 Å². The number of benzene rings is 2. The molecule has 1 N–H and O–H groups in total. The summed E-state index contributed by atoms with van der Waals surface area (Å²) in [4.78, 5) is 12.3. The fraction of sp³-hybridized carbons (Fsp3) is 0.435. The van der Waals surface area contributed by atoms with E-state index in [4.69, 9.17) is 18.9 Å². The number of fused-ring (bicyclic) bond motifs is 2. The van der Waals surface area contributed by atoms with Gasteiger partial charge in [0, 0.05) is 42.5 Å². The molecule has 0 aliphatic carbocycles.